The van der Waals surface area contributed by atoms with Crippen molar-refractivity contribution in [1.82, 2.24) is 9.88 Å². The minimum absolute atomic E-state index is 0.136. The van der Waals surface area contributed by atoms with Crippen LogP contribution in [0.4, 0.5) is 0 Å². The average Bonchev–Trinajstić information content (AvgIpc) is 2.85. The molecular weight excluding hydrogens is 392 g/mol. The lowest BCUT2D eigenvalue weighted by Gasteiger charge is -2.33. The molecule has 1 fully saturated rings. The molecule has 4 aromatic rings. The van der Waals surface area contributed by atoms with Crippen molar-refractivity contribution in [3.8, 4) is 11.3 Å². The molecule has 32 heavy (non-hydrogen) atoms. The molecule has 3 heteroatoms. The highest BCUT2D eigenvalue weighted by Gasteiger charge is 2.27. The van der Waals surface area contributed by atoms with Crippen molar-refractivity contribution in [1.29, 1.82) is 0 Å². The second-order valence-electron chi connectivity index (χ2n) is 8.77. The van der Waals surface area contributed by atoms with Crippen LogP contribution in [0.1, 0.15) is 34.3 Å². The summed E-state index contributed by atoms with van der Waals surface area (Å²) < 4.78 is 0. The maximum absolute atomic E-state index is 13.8. The quantitative estimate of drug-likeness (QED) is 0.388. The lowest BCUT2D eigenvalue weighted by molar-refractivity contribution is 0.0692. The fourth-order valence-electron chi connectivity index (χ4n) is 4.91. The van der Waals surface area contributed by atoms with Crippen molar-refractivity contribution in [2.24, 2.45) is 5.92 Å². The first-order chi connectivity index (χ1) is 15.7. The van der Waals surface area contributed by atoms with Gasteiger partial charge in [-0.3, -0.25) is 4.79 Å². The van der Waals surface area contributed by atoms with Crippen LogP contribution in [0.5, 0.6) is 0 Å². The molecule has 0 radical (unpaired) electrons. The summed E-state index contributed by atoms with van der Waals surface area (Å²) in [7, 11) is 0. The molecule has 1 aromatic heterocycles. The van der Waals surface area contributed by atoms with Crippen LogP contribution in [-0.4, -0.2) is 28.9 Å². The van der Waals surface area contributed by atoms with Gasteiger partial charge in [0.1, 0.15) is 0 Å². The monoisotopic (exact) mass is 420 g/mol. The summed E-state index contributed by atoms with van der Waals surface area (Å²) in [5, 5.41) is 0.945. The normalized spacial score (nSPS) is 14.6. The zero-order chi connectivity index (χ0) is 21.9. The Morgan fingerprint density at radius 2 is 1.50 bits per heavy atom. The Hall–Kier alpha value is -3.46. The van der Waals surface area contributed by atoms with E-state index in [1.807, 2.05) is 54.3 Å². The molecular formula is C29H28N2O. The second kappa shape index (κ2) is 8.96. The highest BCUT2D eigenvalue weighted by Crippen LogP contribution is 2.31. The van der Waals surface area contributed by atoms with E-state index in [0.29, 0.717) is 5.92 Å². The van der Waals surface area contributed by atoms with Crippen molar-refractivity contribution >= 4 is 16.8 Å². The fourth-order valence-corrected chi connectivity index (χ4v) is 4.91. The highest BCUT2D eigenvalue weighted by molar-refractivity contribution is 6.08. The molecule has 0 atom stereocenters. The third kappa shape index (κ3) is 4.03. The molecule has 0 bridgehead atoms. The number of aromatic nitrogens is 1. The van der Waals surface area contributed by atoms with Gasteiger partial charge in [0, 0.05) is 24.0 Å². The first-order valence-corrected chi connectivity index (χ1v) is 11.5. The number of rotatable bonds is 4. The maximum Gasteiger partial charge on any atom is 0.254 e. The lowest BCUT2D eigenvalue weighted by Crippen LogP contribution is -2.39. The average molecular weight is 421 g/mol. The van der Waals surface area contributed by atoms with Gasteiger partial charge in [-0.25, -0.2) is 4.98 Å². The van der Waals surface area contributed by atoms with Gasteiger partial charge in [0.25, 0.3) is 5.91 Å². The van der Waals surface area contributed by atoms with Gasteiger partial charge in [0.15, 0.2) is 0 Å². The van der Waals surface area contributed by atoms with Gasteiger partial charge in [-0.2, -0.15) is 0 Å². The largest absolute Gasteiger partial charge is 0.339 e. The van der Waals surface area contributed by atoms with Gasteiger partial charge in [0.2, 0.25) is 0 Å². The molecule has 0 saturated carbocycles. The molecule has 0 unspecified atom stereocenters. The van der Waals surface area contributed by atoms with E-state index in [1.54, 1.807) is 0 Å². The summed E-state index contributed by atoms with van der Waals surface area (Å²) in [6.07, 6.45) is 3.20. The van der Waals surface area contributed by atoms with Gasteiger partial charge in [-0.15, -0.1) is 0 Å². The molecule has 1 aliphatic rings. The Labute approximate surface area is 189 Å². The van der Waals surface area contributed by atoms with E-state index >= 15 is 0 Å². The molecule has 3 aromatic carbocycles. The Morgan fingerprint density at radius 3 is 2.22 bits per heavy atom. The molecule has 0 spiro atoms. The number of amides is 1. The van der Waals surface area contributed by atoms with Gasteiger partial charge in [0.05, 0.1) is 16.8 Å². The zero-order valence-electron chi connectivity index (χ0n) is 18.5. The summed E-state index contributed by atoms with van der Waals surface area (Å²) in [4.78, 5) is 20.7. The van der Waals surface area contributed by atoms with Crippen molar-refractivity contribution in [3.63, 3.8) is 0 Å². The van der Waals surface area contributed by atoms with E-state index in [2.05, 4.69) is 42.5 Å². The highest BCUT2D eigenvalue weighted by atomic mass is 16.2. The number of fused-ring (bicyclic) bond motifs is 1. The van der Waals surface area contributed by atoms with Crippen molar-refractivity contribution in [3.05, 3.63) is 102 Å². The van der Waals surface area contributed by atoms with E-state index < -0.39 is 0 Å². The van der Waals surface area contributed by atoms with E-state index in [9.17, 15) is 4.79 Å². The number of hydrogen-bond donors (Lipinski definition) is 0. The topological polar surface area (TPSA) is 33.2 Å². The standard InChI is InChI=1S/C29H28N2O/c1-21-27(25-14-8-9-15-26(25)30-28(21)24-12-6-3-7-13-24)29(32)31-18-16-23(17-19-31)20-22-10-4-2-5-11-22/h2-15,23H,16-20H2,1H3. The summed E-state index contributed by atoms with van der Waals surface area (Å²) in [6.45, 7) is 3.66. The lowest BCUT2D eigenvalue weighted by atomic mass is 9.89. The number of benzene rings is 3. The molecule has 0 N–H and O–H groups in total. The molecule has 3 nitrogen and oxygen atoms in total. The van der Waals surface area contributed by atoms with Crippen molar-refractivity contribution in [2.75, 3.05) is 13.1 Å². The zero-order valence-corrected chi connectivity index (χ0v) is 18.5. The summed E-state index contributed by atoms with van der Waals surface area (Å²) in [5.74, 6) is 0.771. The van der Waals surface area contributed by atoms with Gasteiger partial charge in [-0.05, 0) is 49.3 Å². The van der Waals surface area contributed by atoms with E-state index in [4.69, 9.17) is 4.98 Å². The van der Waals surface area contributed by atoms with Gasteiger partial charge >= 0.3 is 0 Å². The molecule has 1 amide bonds. The smallest absolute Gasteiger partial charge is 0.254 e. The SMILES string of the molecule is Cc1c(-c2ccccc2)nc2ccccc2c1C(=O)N1CCC(Cc2ccccc2)CC1. The third-order valence-electron chi connectivity index (χ3n) is 6.67. The maximum atomic E-state index is 13.8. The van der Waals surface area contributed by atoms with Crippen molar-refractivity contribution < 1.29 is 4.79 Å². The number of carbonyl (C=O) groups is 1. The molecule has 2 heterocycles. The predicted molar refractivity (Wildman–Crippen MR) is 131 cm³/mol. The Bertz CT molecular complexity index is 1230. The van der Waals surface area contributed by atoms with Gasteiger partial charge in [-0.1, -0.05) is 78.9 Å². The number of para-hydroxylation sites is 1. The Morgan fingerprint density at radius 1 is 0.875 bits per heavy atom. The number of piperidine rings is 1. The minimum atomic E-state index is 0.136. The number of carbonyl (C=O) groups excluding carboxylic acids is 1. The molecule has 1 saturated heterocycles. The molecule has 160 valence electrons. The van der Waals surface area contributed by atoms with Crippen LogP contribution in [0.3, 0.4) is 0 Å². The van der Waals surface area contributed by atoms with E-state index in [0.717, 1.165) is 65.6 Å². The Kier molecular flexibility index (Phi) is 5.72. The fraction of sp³-hybridized carbons (Fsp3) is 0.241. The number of pyridine rings is 1. The van der Waals surface area contributed by atoms with Crippen LogP contribution in [0.2, 0.25) is 0 Å². The van der Waals surface area contributed by atoms with Gasteiger partial charge < -0.3 is 4.90 Å². The first-order valence-electron chi connectivity index (χ1n) is 11.5. The van der Waals surface area contributed by atoms with Crippen LogP contribution in [0.25, 0.3) is 22.2 Å². The summed E-state index contributed by atoms with van der Waals surface area (Å²) in [6, 6.07) is 28.9. The molecule has 1 aliphatic heterocycles. The van der Waals surface area contributed by atoms with Crippen molar-refractivity contribution in [2.45, 2.75) is 26.2 Å². The third-order valence-corrected chi connectivity index (χ3v) is 6.67. The molecule has 5 rings (SSSR count). The molecule has 0 aliphatic carbocycles. The second-order valence-corrected chi connectivity index (χ2v) is 8.77. The van der Waals surface area contributed by atoms with E-state index in [-0.39, 0.29) is 5.91 Å². The summed E-state index contributed by atoms with van der Waals surface area (Å²) >= 11 is 0. The first kappa shape index (κ1) is 20.4. The predicted octanol–water partition coefficient (Wildman–Crippen LogP) is 6.31. The minimum Gasteiger partial charge on any atom is -0.339 e. The van der Waals surface area contributed by atoms with Crippen LogP contribution in [0, 0.1) is 12.8 Å². The van der Waals surface area contributed by atoms with Crippen LogP contribution >= 0.6 is 0 Å². The summed E-state index contributed by atoms with van der Waals surface area (Å²) in [5.41, 5.74) is 5.97. The van der Waals surface area contributed by atoms with E-state index in [1.165, 1.54) is 5.56 Å². The number of nitrogens with zero attached hydrogens (tertiary/aromatic N) is 2. The number of likely N-dealkylation sites (tertiary alicyclic amines) is 1. The van der Waals surface area contributed by atoms with Crippen LogP contribution < -0.4 is 0 Å². The van der Waals surface area contributed by atoms with Crippen LogP contribution in [-0.2, 0) is 6.42 Å². The van der Waals surface area contributed by atoms with Crippen LogP contribution in [0.15, 0.2) is 84.9 Å². The Balaban J connectivity index is 1.43. The number of hydrogen-bond acceptors (Lipinski definition) is 2.